The molecule has 0 aromatic rings. The molecule has 2 atom stereocenters. The van der Waals surface area contributed by atoms with Crippen molar-refractivity contribution in [2.45, 2.75) is 65.5 Å². The van der Waals surface area contributed by atoms with Gasteiger partial charge in [0.2, 0.25) is 0 Å². The molecule has 0 radical (unpaired) electrons. The van der Waals surface area contributed by atoms with Gasteiger partial charge in [-0.1, -0.05) is 26.0 Å². The largest absolute Gasteiger partial charge is 0.462 e. The van der Waals surface area contributed by atoms with Crippen LogP contribution in [-0.2, 0) is 9.53 Å². The second-order valence-corrected chi connectivity index (χ2v) is 6.23. The van der Waals surface area contributed by atoms with Gasteiger partial charge < -0.3 is 10.1 Å². The van der Waals surface area contributed by atoms with Crippen LogP contribution < -0.4 is 5.32 Å². The van der Waals surface area contributed by atoms with E-state index in [0.29, 0.717) is 11.8 Å². The Hall–Kier alpha value is -0.830. The van der Waals surface area contributed by atoms with Crippen LogP contribution in [0, 0.1) is 11.8 Å². The zero-order chi connectivity index (χ0) is 14.3. The number of carbonyl (C=O) groups is 1. The van der Waals surface area contributed by atoms with Gasteiger partial charge in [0.25, 0.3) is 0 Å². The van der Waals surface area contributed by atoms with Crippen LogP contribution in [0.5, 0.6) is 0 Å². The Balaban J connectivity index is 2.44. The lowest BCUT2D eigenvalue weighted by Gasteiger charge is -2.24. The normalized spacial score (nSPS) is 20.8. The average molecular weight is 267 g/mol. The third-order valence-corrected chi connectivity index (χ3v) is 3.37. The van der Waals surface area contributed by atoms with Crippen LogP contribution in [0.15, 0.2) is 12.2 Å². The van der Waals surface area contributed by atoms with Crippen LogP contribution in [0.4, 0.5) is 0 Å². The Morgan fingerprint density at radius 1 is 1.32 bits per heavy atom. The summed E-state index contributed by atoms with van der Waals surface area (Å²) in [5, 5.41) is 3.42. The van der Waals surface area contributed by atoms with Crippen molar-refractivity contribution in [2.75, 3.05) is 6.54 Å². The van der Waals surface area contributed by atoms with E-state index in [1.165, 1.54) is 6.42 Å². The predicted octanol–water partition coefficient (Wildman–Crippen LogP) is 3.30. The van der Waals surface area contributed by atoms with Crippen molar-refractivity contribution in [1.29, 1.82) is 0 Å². The lowest BCUT2D eigenvalue weighted by Crippen LogP contribution is -2.42. The standard InChI is InChI=1S/C16H29NO2/c1-12(2)10-15(16(18)19-13(3)4)17-11-14-8-6-5-7-9-14/h5-6,12-15,17H,7-11H2,1-4H3/t14-,15-/m0/s1. The topological polar surface area (TPSA) is 38.3 Å². The van der Waals surface area contributed by atoms with E-state index in [9.17, 15) is 4.79 Å². The molecule has 0 amide bonds. The monoisotopic (exact) mass is 267 g/mol. The van der Waals surface area contributed by atoms with Crippen LogP contribution in [0.3, 0.4) is 0 Å². The third-order valence-electron chi connectivity index (χ3n) is 3.37. The minimum atomic E-state index is -0.159. The molecule has 0 saturated carbocycles. The van der Waals surface area contributed by atoms with Crippen LogP contribution in [-0.4, -0.2) is 24.7 Å². The minimum Gasteiger partial charge on any atom is -0.462 e. The van der Waals surface area contributed by atoms with Gasteiger partial charge in [-0.25, -0.2) is 0 Å². The van der Waals surface area contributed by atoms with Crippen LogP contribution >= 0.6 is 0 Å². The number of hydrogen-bond donors (Lipinski definition) is 1. The molecular formula is C16H29NO2. The number of carbonyl (C=O) groups excluding carboxylic acids is 1. The molecule has 3 nitrogen and oxygen atoms in total. The van der Waals surface area contributed by atoms with E-state index in [4.69, 9.17) is 4.74 Å². The zero-order valence-corrected chi connectivity index (χ0v) is 12.8. The van der Waals surface area contributed by atoms with E-state index in [-0.39, 0.29) is 18.1 Å². The van der Waals surface area contributed by atoms with E-state index in [1.807, 2.05) is 13.8 Å². The zero-order valence-electron chi connectivity index (χ0n) is 12.8. The average Bonchev–Trinajstić information content (AvgIpc) is 2.34. The molecule has 1 N–H and O–H groups in total. The molecule has 0 aromatic carbocycles. The van der Waals surface area contributed by atoms with Crippen LogP contribution in [0.25, 0.3) is 0 Å². The van der Waals surface area contributed by atoms with E-state index < -0.39 is 0 Å². The SMILES string of the molecule is CC(C)C[C@H](NC[C@H]1CC=CCC1)C(=O)OC(C)C. The van der Waals surface area contributed by atoms with Crippen molar-refractivity contribution in [1.82, 2.24) is 5.32 Å². The molecule has 0 spiro atoms. The molecule has 1 aliphatic rings. The fraction of sp³-hybridized carbons (Fsp3) is 0.812. The first-order chi connectivity index (χ1) is 8.99. The first-order valence-electron chi connectivity index (χ1n) is 7.58. The maximum Gasteiger partial charge on any atom is 0.323 e. The van der Waals surface area contributed by atoms with Crippen molar-refractivity contribution < 1.29 is 9.53 Å². The van der Waals surface area contributed by atoms with Crippen LogP contribution in [0.2, 0.25) is 0 Å². The quantitative estimate of drug-likeness (QED) is 0.568. The third kappa shape index (κ3) is 6.76. The van der Waals surface area contributed by atoms with Crippen LogP contribution in [0.1, 0.15) is 53.4 Å². The van der Waals surface area contributed by atoms with Crippen molar-refractivity contribution in [3.63, 3.8) is 0 Å². The summed E-state index contributed by atoms with van der Waals surface area (Å²) in [5.41, 5.74) is 0. The number of ether oxygens (including phenoxy) is 1. The minimum absolute atomic E-state index is 0.0402. The maximum absolute atomic E-state index is 12.1. The van der Waals surface area contributed by atoms with Gasteiger partial charge in [0.1, 0.15) is 6.04 Å². The summed E-state index contributed by atoms with van der Waals surface area (Å²) in [5.74, 6) is 1.05. The Labute approximate surface area is 117 Å². The highest BCUT2D eigenvalue weighted by atomic mass is 16.5. The number of allylic oxidation sites excluding steroid dienone is 2. The summed E-state index contributed by atoms with van der Waals surface area (Å²) < 4.78 is 5.34. The van der Waals surface area contributed by atoms with Crippen molar-refractivity contribution >= 4 is 5.97 Å². The molecule has 0 heterocycles. The smallest absolute Gasteiger partial charge is 0.323 e. The Morgan fingerprint density at radius 3 is 2.58 bits per heavy atom. The maximum atomic E-state index is 12.1. The number of esters is 1. The molecule has 0 bridgehead atoms. The first-order valence-corrected chi connectivity index (χ1v) is 7.58. The van der Waals surface area contributed by atoms with Crippen molar-refractivity contribution in [3.05, 3.63) is 12.2 Å². The number of nitrogens with one attached hydrogen (secondary N) is 1. The summed E-state index contributed by atoms with van der Waals surface area (Å²) in [4.78, 5) is 12.1. The fourth-order valence-electron chi connectivity index (χ4n) is 2.40. The molecule has 1 rings (SSSR count). The summed E-state index contributed by atoms with van der Waals surface area (Å²) in [6.45, 7) is 8.99. The number of rotatable bonds is 7. The molecule has 110 valence electrons. The van der Waals surface area contributed by atoms with Gasteiger partial charge in [-0.05, 0) is 57.9 Å². The lowest BCUT2D eigenvalue weighted by atomic mass is 9.93. The summed E-state index contributed by atoms with van der Waals surface area (Å²) in [6.07, 6.45) is 8.81. The molecule has 0 fully saturated rings. The van der Waals surface area contributed by atoms with E-state index >= 15 is 0 Å². The highest BCUT2D eigenvalue weighted by Gasteiger charge is 2.23. The summed E-state index contributed by atoms with van der Waals surface area (Å²) in [7, 11) is 0. The summed E-state index contributed by atoms with van der Waals surface area (Å²) in [6, 6.07) is -0.159. The predicted molar refractivity (Wildman–Crippen MR) is 79.0 cm³/mol. The highest BCUT2D eigenvalue weighted by Crippen LogP contribution is 2.18. The van der Waals surface area contributed by atoms with E-state index in [1.54, 1.807) is 0 Å². The Morgan fingerprint density at radius 2 is 2.05 bits per heavy atom. The lowest BCUT2D eigenvalue weighted by molar-refractivity contribution is -0.150. The van der Waals surface area contributed by atoms with Gasteiger partial charge in [-0.3, -0.25) is 4.79 Å². The van der Waals surface area contributed by atoms with E-state index in [0.717, 1.165) is 25.8 Å². The molecule has 0 saturated heterocycles. The number of hydrogen-bond acceptors (Lipinski definition) is 3. The van der Waals surface area contributed by atoms with E-state index in [2.05, 4.69) is 31.3 Å². The van der Waals surface area contributed by atoms with Gasteiger partial charge in [-0.15, -0.1) is 0 Å². The Kier molecular flexibility index (Phi) is 7.14. The Bertz CT molecular complexity index is 297. The van der Waals surface area contributed by atoms with Crippen molar-refractivity contribution in [3.8, 4) is 0 Å². The van der Waals surface area contributed by atoms with Gasteiger partial charge in [-0.2, -0.15) is 0 Å². The highest BCUT2D eigenvalue weighted by molar-refractivity contribution is 5.75. The van der Waals surface area contributed by atoms with Crippen molar-refractivity contribution in [2.24, 2.45) is 11.8 Å². The molecule has 3 heteroatoms. The second-order valence-electron chi connectivity index (χ2n) is 6.23. The molecule has 0 unspecified atom stereocenters. The molecular weight excluding hydrogens is 238 g/mol. The first kappa shape index (κ1) is 16.2. The van der Waals surface area contributed by atoms with Gasteiger partial charge in [0.15, 0.2) is 0 Å². The second kappa shape index (κ2) is 8.36. The fourth-order valence-corrected chi connectivity index (χ4v) is 2.40. The molecule has 1 aliphatic carbocycles. The summed E-state index contributed by atoms with van der Waals surface area (Å²) >= 11 is 0. The van der Waals surface area contributed by atoms with Gasteiger partial charge in [0.05, 0.1) is 6.10 Å². The van der Waals surface area contributed by atoms with Gasteiger partial charge in [0, 0.05) is 0 Å². The molecule has 19 heavy (non-hydrogen) atoms. The van der Waals surface area contributed by atoms with Gasteiger partial charge >= 0.3 is 5.97 Å². The molecule has 0 aromatic heterocycles. The molecule has 0 aliphatic heterocycles.